The van der Waals surface area contributed by atoms with Gasteiger partial charge in [-0.2, -0.15) is 31.3 Å². The lowest BCUT2D eigenvalue weighted by Gasteiger charge is -2.21. The summed E-state index contributed by atoms with van der Waals surface area (Å²) in [5.41, 5.74) is 0.162. The number of benzene rings is 2. The number of aromatic nitrogens is 4. The Bertz CT molecular complexity index is 1960. The molecule has 3 heterocycles. The van der Waals surface area contributed by atoms with Crippen LogP contribution < -0.4 is 15.8 Å². The average Bonchev–Trinajstić information content (AvgIpc) is 3.62. The van der Waals surface area contributed by atoms with E-state index in [1.807, 2.05) is 0 Å². The van der Waals surface area contributed by atoms with E-state index in [0.717, 1.165) is 39.7 Å². The molecule has 252 valence electrons. The molecule has 0 bridgehead atoms. The molecule has 3 amide bonds. The Hall–Kier alpha value is -5.04. The van der Waals surface area contributed by atoms with Gasteiger partial charge in [-0.05, 0) is 42.8 Å². The number of nitrogens with zero attached hydrogens (tertiary/aromatic N) is 6. The molecule has 0 radical (unpaired) electrons. The fraction of sp³-hybridized carbons (Fsp3) is 0.241. The number of alkyl halides is 6. The third kappa shape index (κ3) is 8.45. The van der Waals surface area contributed by atoms with E-state index in [4.69, 9.17) is 4.74 Å². The number of aliphatic imine (C=N–C) groups is 1. The number of aryl methyl sites for hydroxylation is 1. The van der Waals surface area contributed by atoms with Crippen molar-refractivity contribution < 1.29 is 45.1 Å². The van der Waals surface area contributed by atoms with Crippen LogP contribution in [0.2, 0.25) is 0 Å². The number of thioether (sulfide) groups is 1. The summed E-state index contributed by atoms with van der Waals surface area (Å²) in [6.45, 7) is -1.73. The Labute approximate surface area is 270 Å². The Balaban J connectivity index is 1.30. The molecule has 0 atom stereocenters. The highest BCUT2D eigenvalue weighted by Gasteiger charge is 2.33. The molecular formula is C29H22F7N7O4S. The number of carbonyl (C=O) groups excluding carboxylic acids is 2. The number of carbonyl (C=O) groups is 2. The summed E-state index contributed by atoms with van der Waals surface area (Å²) >= 11 is 0.904. The molecule has 11 nitrogen and oxygen atoms in total. The van der Waals surface area contributed by atoms with Gasteiger partial charge in [0.1, 0.15) is 25.3 Å². The molecule has 48 heavy (non-hydrogen) atoms. The number of urea groups is 1. The Morgan fingerprint density at radius 3 is 2.50 bits per heavy atom. The zero-order valence-corrected chi connectivity index (χ0v) is 25.3. The summed E-state index contributed by atoms with van der Waals surface area (Å²) in [5, 5.41) is 6.33. The quantitative estimate of drug-likeness (QED) is 0.229. The van der Waals surface area contributed by atoms with E-state index >= 15 is 4.39 Å². The van der Waals surface area contributed by atoms with Crippen molar-refractivity contribution in [3.63, 3.8) is 0 Å². The lowest BCUT2D eigenvalue weighted by atomic mass is 10.1. The van der Waals surface area contributed by atoms with Gasteiger partial charge >= 0.3 is 18.4 Å². The summed E-state index contributed by atoms with van der Waals surface area (Å²) in [4.78, 5) is 46.7. The number of amidine groups is 1. The first kappa shape index (κ1) is 34.3. The molecule has 0 unspecified atom stereocenters. The van der Waals surface area contributed by atoms with Crippen LogP contribution in [0.15, 0.2) is 70.8 Å². The van der Waals surface area contributed by atoms with Crippen LogP contribution in [-0.2, 0) is 22.7 Å². The molecule has 0 spiro atoms. The first-order valence-electron chi connectivity index (χ1n) is 13.6. The lowest BCUT2D eigenvalue weighted by Crippen LogP contribution is -2.31. The third-order valence-electron chi connectivity index (χ3n) is 6.52. The number of amides is 3. The minimum Gasteiger partial charge on any atom is -0.367 e. The van der Waals surface area contributed by atoms with Crippen LogP contribution in [-0.4, -0.2) is 61.1 Å². The van der Waals surface area contributed by atoms with Crippen LogP contribution in [0.25, 0.3) is 17.1 Å². The molecule has 5 rings (SSSR count). The van der Waals surface area contributed by atoms with Crippen LogP contribution in [0.1, 0.15) is 11.1 Å². The van der Waals surface area contributed by atoms with Crippen molar-refractivity contribution in [3.05, 3.63) is 88.4 Å². The molecule has 19 heteroatoms. The predicted octanol–water partition coefficient (Wildman–Crippen LogP) is 5.85. The van der Waals surface area contributed by atoms with Gasteiger partial charge in [-0.3, -0.25) is 14.5 Å². The largest absolute Gasteiger partial charge is 0.411 e. The van der Waals surface area contributed by atoms with Crippen LogP contribution in [0.3, 0.4) is 0 Å². The maximum absolute atomic E-state index is 15.1. The van der Waals surface area contributed by atoms with E-state index in [0.29, 0.717) is 10.1 Å². The Morgan fingerprint density at radius 1 is 1.04 bits per heavy atom. The van der Waals surface area contributed by atoms with Gasteiger partial charge in [-0.15, -0.1) is 5.10 Å². The molecule has 1 N–H and O–H groups in total. The van der Waals surface area contributed by atoms with Crippen molar-refractivity contribution in [3.8, 4) is 17.1 Å². The van der Waals surface area contributed by atoms with Crippen molar-refractivity contribution in [1.82, 2.24) is 19.3 Å². The van der Waals surface area contributed by atoms with E-state index in [9.17, 15) is 40.7 Å². The standard InChI is InChI=1S/C29H22F7N7O4S/c1-16-2-3-18(11-47-14-29(34,35)36)22(8-16)43-24(45)12-48-27(43)39-26(46)38-21-5-4-17(9-20(21)30)25-37-15-42(40-25)19-6-7-41(23(44)10-19)13-28(31,32)33/h2-10,15H,11-14H2,1H3,(H,38,46)/b39-27-. The Morgan fingerprint density at radius 2 is 1.81 bits per heavy atom. The van der Waals surface area contributed by atoms with Crippen LogP contribution in [0, 0.1) is 12.7 Å². The van der Waals surface area contributed by atoms with E-state index in [1.165, 1.54) is 30.6 Å². The summed E-state index contributed by atoms with van der Waals surface area (Å²) in [7, 11) is 0. The molecule has 2 aromatic carbocycles. The summed E-state index contributed by atoms with van der Waals surface area (Å²) in [6, 6.07) is 9.35. The second kappa shape index (κ2) is 13.6. The van der Waals surface area contributed by atoms with Gasteiger partial charge in [0.05, 0.1) is 29.4 Å². The van der Waals surface area contributed by atoms with E-state index in [2.05, 4.69) is 20.4 Å². The van der Waals surface area contributed by atoms with Crippen molar-refractivity contribution in [2.24, 2.45) is 4.99 Å². The summed E-state index contributed by atoms with van der Waals surface area (Å²) in [5.74, 6) is -1.52. The smallest absolute Gasteiger partial charge is 0.367 e. The minimum atomic E-state index is -4.59. The summed E-state index contributed by atoms with van der Waals surface area (Å²) < 4.78 is 97.2. The fourth-order valence-corrected chi connectivity index (χ4v) is 5.29. The normalized spacial score (nSPS) is 14.6. The van der Waals surface area contributed by atoms with Gasteiger partial charge in [-0.25, -0.2) is 18.9 Å². The van der Waals surface area contributed by atoms with Crippen LogP contribution in [0.4, 0.5) is 46.9 Å². The number of halogens is 7. The van der Waals surface area contributed by atoms with Gasteiger partial charge in [0.25, 0.3) is 5.56 Å². The molecule has 1 aliphatic heterocycles. The second-order valence-electron chi connectivity index (χ2n) is 10.3. The number of ether oxygens (including phenoxy) is 1. The van der Waals surface area contributed by atoms with Gasteiger partial charge < -0.3 is 14.6 Å². The van der Waals surface area contributed by atoms with E-state index in [1.54, 1.807) is 19.1 Å². The predicted molar refractivity (Wildman–Crippen MR) is 160 cm³/mol. The molecule has 0 aliphatic carbocycles. The number of rotatable bonds is 8. The molecule has 2 aromatic heterocycles. The van der Waals surface area contributed by atoms with Crippen molar-refractivity contribution in [2.75, 3.05) is 22.6 Å². The topological polar surface area (TPSA) is 124 Å². The zero-order chi connectivity index (χ0) is 34.8. The first-order valence-corrected chi connectivity index (χ1v) is 14.6. The van der Waals surface area contributed by atoms with E-state index < -0.39 is 55.4 Å². The maximum atomic E-state index is 15.1. The number of pyridine rings is 1. The zero-order valence-electron chi connectivity index (χ0n) is 24.5. The Kier molecular flexibility index (Phi) is 9.71. The van der Waals surface area contributed by atoms with Crippen molar-refractivity contribution in [1.29, 1.82) is 0 Å². The van der Waals surface area contributed by atoms with Crippen LogP contribution >= 0.6 is 11.8 Å². The molecular weight excluding hydrogens is 675 g/mol. The molecule has 1 saturated heterocycles. The van der Waals surface area contributed by atoms with Crippen molar-refractivity contribution in [2.45, 2.75) is 32.4 Å². The van der Waals surface area contributed by atoms with E-state index in [-0.39, 0.29) is 44.9 Å². The highest BCUT2D eigenvalue weighted by Crippen LogP contribution is 2.32. The van der Waals surface area contributed by atoms with Crippen LogP contribution in [0.5, 0.6) is 0 Å². The first-order chi connectivity index (χ1) is 22.6. The number of hydrogen-bond acceptors (Lipinski definition) is 7. The van der Waals surface area contributed by atoms with Crippen molar-refractivity contribution >= 4 is 40.2 Å². The number of anilines is 2. The lowest BCUT2D eigenvalue weighted by molar-refractivity contribution is -0.176. The molecule has 0 saturated carbocycles. The number of nitrogens with one attached hydrogen (secondary N) is 1. The second-order valence-corrected chi connectivity index (χ2v) is 11.2. The SMILES string of the molecule is Cc1ccc(COCC(F)(F)F)c(N2C(=O)CS/C2=N\C(=O)Nc2ccc(-c3ncn(-c4ccn(CC(F)(F)F)c(=O)c4)n3)cc2F)c1. The third-order valence-corrected chi connectivity index (χ3v) is 7.45. The molecule has 1 aliphatic rings. The van der Waals surface area contributed by atoms with Gasteiger partial charge in [-0.1, -0.05) is 23.9 Å². The van der Waals surface area contributed by atoms with Gasteiger partial charge in [0.2, 0.25) is 5.91 Å². The highest BCUT2D eigenvalue weighted by atomic mass is 32.2. The van der Waals surface area contributed by atoms with Gasteiger partial charge in [0.15, 0.2) is 11.0 Å². The number of hydrogen-bond donors (Lipinski definition) is 1. The summed E-state index contributed by atoms with van der Waals surface area (Å²) in [6.07, 6.45) is -7.01. The minimum absolute atomic E-state index is 0.00354. The highest BCUT2D eigenvalue weighted by molar-refractivity contribution is 8.15. The maximum Gasteiger partial charge on any atom is 0.411 e. The monoisotopic (exact) mass is 697 g/mol. The molecule has 1 fully saturated rings. The fourth-order valence-electron chi connectivity index (χ4n) is 4.43. The molecule has 4 aromatic rings. The average molecular weight is 698 g/mol. The van der Waals surface area contributed by atoms with Gasteiger partial charge in [0, 0.05) is 23.4 Å².